The van der Waals surface area contributed by atoms with Crippen molar-refractivity contribution in [3.05, 3.63) is 22.7 Å². The molecule has 0 amide bonds. The van der Waals surface area contributed by atoms with E-state index >= 15 is 0 Å². The molecule has 1 aromatic carbocycles. The van der Waals surface area contributed by atoms with Gasteiger partial charge in [0.15, 0.2) is 0 Å². The maximum atomic E-state index is 11.1. The molecule has 0 fully saturated rings. The van der Waals surface area contributed by atoms with Crippen molar-refractivity contribution in [3.8, 4) is 6.07 Å². The maximum Gasteiger partial charge on any atom is 0.263 e. The molecule has 0 bridgehead atoms. The Kier molecular flexibility index (Phi) is 3.32. The van der Waals surface area contributed by atoms with Crippen molar-refractivity contribution < 1.29 is 8.42 Å². The number of hydrogen-bond acceptors (Lipinski definition) is 4. The van der Waals surface area contributed by atoms with Crippen LogP contribution in [0.3, 0.4) is 0 Å². The Morgan fingerprint density at radius 2 is 2.00 bits per heavy atom. The molecule has 7 heteroatoms. The van der Waals surface area contributed by atoms with Crippen LogP contribution in [0.4, 0.5) is 0 Å². The molecule has 0 spiro atoms. The van der Waals surface area contributed by atoms with E-state index in [1.165, 1.54) is 12.1 Å². The van der Waals surface area contributed by atoms with E-state index in [2.05, 4.69) is 12.6 Å². The van der Waals surface area contributed by atoms with E-state index in [1.54, 1.807) is 6.07 Å². The highest BCUT2D eigenvalue weighted by atomic mass is 35.7. The average molecular weight is 268 g/mol. The number of nitriles is 1. The largest absolute Gasteiger partial charge is 0.263 e. The van der Waals surface area contributed by atoms with Gasteiger partial charge in [-0.3, -0.25) is 0 Å². The Hall–Kier alpha value is -0.410. The normalized spacial score (nSPS) is 11.0. The lowest BCUT2D eigenvalue weighted by Gasteiger charge is -2.04. The third kappa shape index (κ3) is 2.15. The summed E-state index contributed by atoms with van der Waals surface area (Å²) in [7, 11) is 1.12. The third-order valence-electron chi connectivity index (χ3n) is 1.44. The van der Waals surface area contributed by atoms with Crippen molar-refractivity contribution in [3.63, 3.8) is 0 Å². The van der Waals surface area contributed by atoms with E-state index in [0.29, 0.717) is 0 Å². The quantitative estimate of drug-likeness (QED) is 0.628. The number of rotatable bonds is 1. The summed E-state index contributed by atoms with van der Waals surface area (Å²) in [5.41, 5.74) is -0.186. The van der Waals surface area contributed by atoms with E-state index in [0.717, 1.165) is 0 Å². The molecular formula is C7H3Cl2NO2S2. The van der Waals surface area contributed by atoms with E-state index in [1.807, 2.05) is 0 Å². The zero-order valence-electron chi connectivity index (χ0n) is 6.53. The smallest absolute Gasteiger partial charge is 0.207 e. The van der Waals surface area contributed by atoms with Crippen LogP contribution < -0.4 is 0 Å². The van der Waals surface area contributed by atoms with Gasteiger partial charge in [-0.1, -0.05) is 11.6 Å². The lowest BCUT2D eigenvalue weighted by molar-refractivity contribution is 0.607. The van der Waals surface area contributed by atoms with E-state index < -0.39 is 9.05 Å². The van der Waals surface area contributed by atoms with Gasteiger partial charge in [-0.2, -0.15) is 5.26 Å². The van der Waals surface area contributed by atoms with Crippen molar-refractivity contribution in [2.24, 2.45) is 0 Å². The number of thiol groups is 1. The lowest BCUT2D eigenvalue weighted by atomic mass is 10.2. The molecule has 1 aromatic rings. The standard InChI is InChI=1S/C7H3Cl2NO2S2/c8-5-1-2-6(13)7(4(5)3-10)14(9,11)12/h1-2,13H. The van der Waals surface area contributed by atoms with Gasteiger partial charge in [-0.15, -0.1) is 12.6 Å². The van der Waals surface area contributed by atoms with Crippen LogP contribution in [0.15, 0.2) is 21.9 Å². The Balaban J connectivity index is 3.74. The van der Waals surface area contributed by atoms with Crippen molar-refractivity contribution in [1.29, 1.82) is 5.26 Å². The number of benzene rings is 1. The molecule has 0 radical (unpaired) electrons. The predicted molar refractivity (Wildman–Crippen MR) is 56.5 cm³/mol. The summed E-state index contributed by atoms with van der Waals surface area (Å²) in [5.74, 6) is 0. The van der Waals surface area contributed by atoms with Gasteiger partial charge >= 0.3 is 0 Å². The SMILES string of the molecule is N#Cc1c(Cl)ccc(S)c1S(=O)(=O)Cl. The van der Waals surface area contributed by atoms with Crippen LogP contribution in [0.2, 0.25) is 5.02 Å². The molecule has 14 heavy (non-hydrogen) atoms. The minimum Gasteiger partial charge on any atom is -0.207 e. The van der Waals surface area contributed by atoms with Crippen LogP contribution in [0.5, 0.6) is 0 Å². The second kappa shape index (κ2) is 3.99. The Morgan fingerprint density at radius 1 is 1.43 bits per heavy atom. The minimum absolute atomic E-state index is 0.0320. The van der Waals surface area contributed by atoms with Gasteiger partial charge in [0.25, 0.3) is 9.05 Å². The van der Waals surface area contributed by atoms with Gasteiger partial charge in [0.1, 0.15) is 11.0 Å². The highest BCUT2D eigenvalue weighted by molar-refractivity contribution is 8.14. The molecule has 0 aliphatic rings. The fraction of sp³-hybridized carbons (Fsp3) is 0. The van der Waals surface area contributed by atoms with Crippen LogP contribution in [0, 0.1) is 11.3 Å². The van der Waals surface area contributed by atoms with E-state index in [-0.39, 0.29) is 20.4 Å². The zero-order chi connectivity index (χ0) is 10.9. The second-order valence-electron chi connectivity index (χ2n) is 2.32. The van der Waals surface area contributed by atoms with Gasteiger partial charge in [-0.05, 0) is 12.1 Å². The van der Waals surface area contributed by atoms with Gasteiger partial charge in [-0.25, -0.2) is 8.42 Å². The summed E-state index contributed by atoms with van der Waals surface area (Å²) in [6.45, 7) is 0. The van der Waals surface area contributed by atoms with Gasteiger partial charge in [0.05, 0.1) is 10.6 Å². The summed E-state index contributed by atoms with van der Waals surface area (Å²) in [6.07, 6.45) is 0. The van der Waals surface area contributed by atoms with Gasteiger partial charge < -0.3 is 0 Å². The Morgan fingerprint density at radius 3 is 2.36 bits per heavy atom. The number of nitrogens with zero attached hydrogens (tertiary/aromatic N) is 1. The highest BCUT2D eigenvalue weighted by Crippen LogP contribution is 2.31. The second-order valence-corrected chi connectivity index (χ2v) is 5.71. The van der Waals surface area contributed by atoms with Gasteiger partial charge in [0, 0.05) is 15.6 Å². The Labute approximate surface area is 96.1 Å². The van der Waals surface area contributed by atoms with Crippen LogP contribution >= 0.6 is 34.9 Å². The summed E-state index contributed by atoms with van der Waals surface area (Å²) in [5, 5.41) is 8.73. The van der Waals surface area contributed by atoms with E-state index in [9.17, 15) is 8.42 Å². The number of hydrogen-bond donors (Lipinski definition) is 1. The van der Waals surface area contributed by atoms with Crippen LogP contribution in [0.1, 0.15) is 5.56 Å². The van der Waals surface area contributed by atoms with Crippen LogP contribution in [-0.4, -0.2) is 8.42 Å². The Bertz CT molecular complexity index is 519. The minimum atomic E-state index is -4.01. The van der Waals surface area contributed by atoms with Gasteiger partial charge in [0.2, 0.25) is 0 Å². The van der Waals surface area contributed by atoms with Crippen molar-refractivity contribution in [2.75, 3.05) is 0 Å². The molecule has 0 atom stereocenters. The number of halogens is 2. The molecule has 0 saturated carbocycles. The molecule has 0 saturated heterocycles. The molecule has 1 rings (SSSR count). The maximum absolute atomic E-state index is 11.1. The fourth-order valence-electron chi connectivity index (χ4n) is 0.899. The molecule has 0 unspecified atom stereocenters. The average Bonchev–Trinajstić information content (AvgIpc) is 2.06. The molecule has 0 aliphatic heterocycles. The van der Waals surface area contributed by atoms with E-state index in [4.69, 9.17) is 27.5 Å². The van der Waals surface area contributed by atoms with Crippen LogP contribution in [-0.2, 0) is 9.05 Å². The molecule has 74 valence electrons. The first-order valence-corrected chi connectivity index (χ1v) is 6.37. The topological polar surface area (TPSA) is 57.9 Å². The summed E-state index contributed by atoms with van der Waals surface area (Å²) < 4.78 is 22.2. The fourth-order valence-corrected chi connectivity index (χ4v) is 3.06. The molecule has 0 heterocycles. The van der Waals surface area contributed by atoms with Crippen molar-refractivity contribution in [1.82, 2.24) is 0 Å². The summed E-state index contributed by atoms with van der Waals surface area (Å²) >= 11 is 9.52. The lowest BCUT2D eigenvalue weighted by Crippen LogP contribution is -1.97. The zero-order valence-corrected chi connectivity index (χ0v) is 9.75. The monoisotopic (exact) mass is 267 g/mol. The van der Waals surface area contributed by atoms with Crippen molar-refractivity contribution >= 4 is 44.0 Å². The predicted octanol–water partition coefficient (Wildman–Crippen LogP) is 2.43. The molecule has 0 aliphatic carbocycles. The summed E-state index contributed by atoms with van der Waals surface area (Å²) in [6, 6.07) is 4.41. The first kappa shape index (κ1) is 11.7. The first-order valence-electron chi connectivity index (χ1n) is 3.24. The van der Waals surface area contributed by atoms with Crippen LogP contribution in [0.25, 0.3) is 0 Å². The summed E-state index contributed by atoms with van der Waals surface area (Å²) in [4.78, 5) is -0.251. The molecular weight excluding hydrogens is 265 g/mol. The highest BCUT2D eigenvalue weighted by Gasteiger charge is 2.21. The molecule has 0 N–H and O–H groups in total. The molecule has 3 nitrogen and oxygen atoms in total. The molecule has 0 aromatic heterocycles. The third-order valence-corrected chi connectivity index (χ3v) is 3.66. The first-order chi connectivity index (χ1) is 6.38. The van der Waals surface area contributed by atoms with Crippen molar-refractivity contribution in [2.45, 2.75) is 9.79 Å².